The largest absolute Gasteiger partial charge is 0.343 e. The van der Waals surface area contributed by atoms with Crippen LogP contribution in [0.4, 0.5) is 8.78 Å². The molecule has 0 radical (unpaired) electrons. The topological polar surface area (TPSA) is 39.4 Å². The number of nitriles is 1. The molecule has 0 saturated carbocycles. The van der Waals surface area contributed by atoms with Gasteiger partial charge in [0, 0.05) is 17.9 Å². The van der Waals surface area contributed by atoms with Gasteiger partial charge < -0.3 is 4.90 Å². The van der Waals surface area contributed by atoms with Crippen molar-refractivity contribution in [1.82, 2.24) is 4.90 Å². The van der Waals surface area contributed by atoms with E-state index in [-0.39, 0.29) is 10.6 Å². The summed E-state index contributed by atoms with van der Waals surface area (Å²) < 4.78 is 27.3. The maximum absolute atomic E-state index is 13.9. The standard InChI is InChI=1S/C12H10ClF2N3S/c1-7(18-2-3-19-12(18)17-6-16)8-4-11(15)9(13)5-10(8)14/h4-5,7H,2-3H2,1H3. The number of halogens is 3. The monoisotopic (exact) mass is 301 g/mol. The van der Waals surface area contributed by atoms with Gasteiger partial charge in [-0.1, -0.05) is 23.4 Å². The third-order valence-corrected chi connectivity index (χ3v) is 4.17. The lowest BCUT2D eigenvalue weighted by Crippen LogP contribution is -2.28. The molecule has 1 atom stereocenters. The first-order chi connectivity index (χ1) is 9.04. The molecule has 2 rings (SSSR count). The van der Waals surface area contributed by atoms with Crippen LogP contribution in [0.3, 0.4) is 0 Å². The molecule has 3 nitrogen and oxygen atoms in total. The van der Waals surface area contributed by atoms with E-state index < -0.39 is 17.7 Å². The summed E-state index contributed by atoms with van der Waals surface area (Å²) in [5.41, 5.74) is 0.204. The minimum atomic E-state index is -0.657. The summed E-state index contributed by atoms with van der Waals surface area (Å²) in [6.07, 6.45) is 1.72. The smallest absolute Gasteiger partial charge is 0.208 e. The molecule has 1 heterocycles. The normalized spacial score (nSPS) is 18.7. The van der Waals surface area contributed by atoms with E-state index in [1.807, 2.05) is 0 Å². The van der Waals surface area contributed by atoms with E-state index in [2.05, 4.69) is 4.99 Å². The number of thioether (sulfide) groups is 1. The average molecular weight is 302 g/mol. The molecule has 0 aromatic heterocycles. The molecule has 1 aromatic rings. The molecule has 1 unspecified atom stereocenters. The van der Waals surface area contributed by atoms with Gasteiger partial charge in [0.1, 0.15) is 11.6 Å². The van der Waals surface area contributed by atoms with Gasteiger partial charge in [-0.2, -0.15) is 5.26 Å². The third-order valence-electron chi connectivity index (χ3n) is 2.91. The van der Waals surface area contributed by atoms with Crippen molar-refractivity contribution in [3.63, 3.8) is 0 Å². The Morgan fingerprint density at radius 3 is 2.89 bits per heavy atom. The van der Waals surface area contributed by atoms with Crippen LogP contribution in [0, 0.1) is 23.1 Å². The quantitative estimate of drug-likeness (QED) is 0.619. The van der Waals surface area contributed by atoms with Crippen LogP contribution in [-0.4, -0.2) is 22.4 Å². The predicted molar refractivity (Wildman–Crippen MR) is 72.0 cm³/mol. The summed E-state index contributed by atoms with van der Waals surface area (Å²) in [6.45, 7) is 2.38. The highest BCUT2D eigenvalue weighted by atomic mass is 35.5. The molecule has 0 aliphatic carbocycles. The fraction of sp³-hybridized carbons (Fsp3) is 0.333. The third kappa shape index (κ3) is 2.82. The molecule has 100 valence electrons. The van der Waals surface area contributed by atoms with Crippen molar-refractivity contribution < 1.29 is 8.78 Å². The minimum Gasteiger partial charge on any atom is -0.343 e. The number of amidine groups is 1. The van der Waals surface area contributed by atoms with E-state index in [1.54, 1.807) is 18.0 Å². The van der Waals surface area contributed by atoms with Crippen LogP contribution in [0.15, 0.2) is 17.1 Å². The van der Waals surface area contributed by atoms with Crippen molar-refractivity contribution in [3.05, 3.63) is 34.4 Å². The summed E-state index contributed by atoms with van der Waals surface area (Å²) in [5.74, 6) is -0.453. The van der Waals surface area contributed by atoms with Crippen LogP contribution in [0.5, 0.6) is 0 Å². The number of rotatable bonds is 2. The Bertz CT molecular complexity index is 571. The summed E-state index contributed by atoms with van der Waals surface area (Å²) in [7, 11) is 0. The summed E-state index contributed by atoms with van der Waals surface area (Å²) in [5, 5.41) is 8.89. The van der Waals surface area contributed by atoms with Gasteiger partial charge in [-0.05, 0) is 19.1 Å². The van der Waals surface area contributed by atoms with Crippen molar-refractivity contribution in [3.8, 4) is 6.19 Å². The number of benzene rings is 1. The zero-order valence-electron chi connectivity index (χ0n) is 10.0. The summed E-state index contributed by atoms with van der Waals surface area (Å²) in [4.78, 5) is 5.47. The molecule has 7 heteroatoms. The molecular formula is C12H10ClF2N3S. The van der Waals surface area contributed by atoms with Crippen LogP contribution >= 0.6 is 23.4 Å². The van der Waals surface area contributed by atoms with E-state index in [0.717, 1.165) is 17.9 Å². The molecular weight excluding hydrogens is 292 g/mol. The molecule has 1 aliphatic rings. The second-order valence-electron chi connectivity index (χ2n) is 4.00. The molecule has 1 saturated heterocycles. The van der Waals surface area contributed by atoms with Crippen molar-refractivity contribution in [1.29, 1.82) is 5.26 Å². The first-order valence-electron chi connectivity index (χ1n) is 5.55. The Morgan fingerprint density at radius 1 is 1.47 bits per heavy atom. The molecule has 19 heavy (non-hydrogen) atoms. The maximum Gasteiger partial charge on any atom is 0.208 e. The second kappa shape index (κ2) is 5.76. The lowest BCUT2D eigenvalue weighted by atomic mass is 10.1. The Morgan fingerprint density at radius 2 is 2.21 bits per heavy atom. The van der Waals surface area contributed by atoms with Crippen LogP contribution < -0.4 is 0 Å². The van der Waals surface area contributed by atoms with Gasteiger partial charge in [0.25, 0.3) is 0 Å². The zero-order valence-corrected chi connectivity index (χ0v) is 11.6. The van der Waals surface area contributed by atoms with Gasteiger partial charge in [-0.15, -0.1) is 4.99 Å². The highest BCUT2D eigenvalue weighted by molar-refractivity contribution is 8.14. The van der Waals surface area contributed by atoms with E-state index in [0.29, 0.717) is 11.7 Å². The van der Waals surface area contributed by atoms with Gasteiger partial charge >= 0.3 is 0 Å². The van der Waals surface area contributed by atoms with Crippen LogP contribution in [0.2, 0.25) is 5.02 Å². The SMILES string of the molecule is CC(c1cc(F)c(Cl)cc1F)N1CCSC1=NC#N. The summed E-state index contributed by atoms with van der Waals surface area (Å²) >= 11 is 6.95. The van der Waals surface area contributed by atoms with Gasteiger partial charge in [-0.3, -0.25) is 0 Å². The molecule has 1 aromatic carbocycles. The maximum atomic E-state index is 13.9. The summed E-state index contributed by atoms with van der Waals surface area (Å²) in [6, 6.07) is 1.65. The predicted octanol–water partition coefficient (Wildman–Crippen LogP) is 3.57. The van der Waals surface area contributed by atoms with Crippen molar-refractivity contribution >= 4 is 28.5 Å². The second-order valence-corrected chi connectivity index (χ2v) is 5.47. The van der Waals surface area contributed by atoms with E-state index in [1.165, 1.54) is 11.8 Å². The van der Waals surface area contributed by atoms with E-state index in [9.17, 15) is 8.78 Å². The van der Waals surface area contributed by atoms with Crippen LogP contribution in [-0.2, 0) is 0 Å². The van der Waals surface area contributed by atoms with Crippen LogP contribution in [0.25, 0.3) is 0 Å². The van der Waals surface area contributed by atoms with Gasteiger partial charge in [-0.25, -0.2) is 8.78 Å². The highest BCUT2D eigenvalue weighted by Gasteiger charge is 2.27. The van der Waals surface area contributed by atoms with Crippen molar-refractivity contribution in [2.75, 3.05) is 12.3 Å². The van der Waals surface area contributed by atoms with Crippen LogP contribution in [0.1, 0.15) is 18.5 Å². The molecule has 1 fully saturated rings. The number of aliphatic imine (C=N–C) groups is 1. The fourth-order valence-corrected chi connectivity index (χ4v) is 3.08. The first-order valence-corrected chi connectivity index (χ1v) is 6.91. The van der Waals surface area contributed by atoms with Gasteiger partial charge in [0.15, 0.2) is 5.17 Å². The Balaban J connectivity index is 2.34. The first kappa shape index (κ1) is 14.1. The fourth-order valence-electron chi connectivity index (χ4n) is 1.94. The zero-order chi connectivity index (χ0) is 14.0. The van der Waals surface area contributed by atoms with Gasteiger partial charge in [0.2, 0.25) is 6.19 Å². The lowest BCUT2D eigenvalue weighted by molar-refractivity contribution is 0.358. The highest BCUT2D eigenvalue weighted by Crippen LogP contribution is 2.32. The average Bonchev–Trinajstić information content (AvgIpc) is 2.82. The van der Waals surface area contributed by atoms with Crippen molar-refractivity contribution in [2.24, 2.45) is 4.99 Å². The number of hydrogen-bond donors (Lipinski definition) is 0. The molecule has 0 bridgehead atoms. The Hall–Kier alpha value is -1.32. The van der Waals surface area contributed by atoms with Gasteiger partial charge in [0.05, 0.1) is 11.1 Å². The Labute approximate surface area is 118 Å². The molecule has 0 spiro atoms. The lowest BCUT2D eigenvalue weighted by Gasteiger charge is -2.26. The molecule has 1 aliphatic heterocycles. The van der Waals surface area contributed by atoms with E-state index in [4.69, 9.17) is 16.9 Å². The Kier molecular flexibility index (Phi) is 4.27. The van der Waals surface area contributed by atoms with E-state index >= 15 is 0 Å². The number of nitrogens with zero attached hydrogens (tertiary/aromatic N) is 3. The number of hydrogen-bond acceptors (Lipinski definition) is 3. The molecule has 0 amide bonds. The van der Waals surface area contributed by atoms with Crippen molar-refractivity contribution in [2.45, 2.75) is 13.0 Å². The molecule has 0 N–H and O–H groups in total. The minimum absolute atomic E-state index is 0.204.